The van der Waals surface area contributed by atoms with Crippen LogP contribution in [0.2, 0.25) is 0 Å². The average Bonchev–Trinajstić information content (AvgIpc) is 3.01. The molecule has 0 spiro atoms. The Labute approximate surface area is 137 Å². The molecule has 1 amide bonds. The lowest BCUT2D eigenvalue weighted by Crippen LogP contribution is -2.39. The summed E-state index contributed by atoms with van der Waals surface area (Å²) in [6.07, 6.45) is 3.50. The minimum absolute atomic E-state index is 0.0108. The third kappa shape index (κ3) is 3.50. The van der Waals surface area contributed by atoms with Crippen molar-refractivity contribution in [3.8, 4) is 0 Å². The van der Waals surface area contributed by atoms with E-state index >= 15 is 0 Å². The number of hydrogen-bond donors (Lipinski definition) is 0. The van der Waals surface area contributed by atoms with Gasteiger partial charge in [-0.3, -0.25) is 9.00 Å². The number of carbonyl (C=O) groups is 1. The van der Waals surface area contributed by atoms with Crippen LogP contribution in [-0.2, 0) is 10.8 Å². The zero-order valence-electron chi connectivity index (χ0n) is 13.2. The van der Waals surface area contributed by atoms with E-state index in [1.54, 1.807) is 37.4 Å². The van der Waals surface area contributed by atoms with Gasteiger partial charge in [0, 0.05) is 53.4 Å². The molecule has 2 atom stereocenters. The van der Waals surface area contributed by atoms with Crippen molar-refractivity contribution >= 4 is 16.7 Å². The molecule has 1 aromatic heterocycles. The SMILES string of the molecule is Cc1nc([C@@H]2CCCN(C(=O)c3ccc([S@](C)=O)cc3)C2)no1. The molecule has 0 unspecified atom stereocenters. The second kappa shape index (κ2) is 6.62. The van der Waals surface area contributed by atoms with Crippen molar-refractivity contribution in [2.45, 2.75) is 30.6 Å². The van der Waals surface area contributed by atoms with Gasteiger partial charge in [-0.2, -0.15) is 4.98 Å². The van der Waals surface area contributed by atoms with Gasteiger partial charge in [0.05, 0.1) is 0 Å². The Kier molecular flexibility index (Phi) is 4.56. The summed E-state index contributed by atoms with van der Waals surface area (Å²) >= 11 is 0. The third-order valence-electron chi connectivity index (χ3n) is 4.05. The van der Waals surface area contributed by atoms with Crippen LogP contribution in [0.5, 0.6) is 0 Å². The summed E-state index contributed by atoms with van der Waals surface area (Å²) in [5, 5.41) is 3.98. The molecule has 2 heterocycles. The maximum absolute atomic E-state index is 12.6. The molecule has 0 radical (unpaired) electrons. The van der Waals surface area contributed by atoms with Crippen molar-refractivity contribution in [3.05, 3.63) is 41.5 Å². The second-order valence-electron chi connectivity index (χ2n) is 5.74. The highest BCUT2D eigenvalue weighted by molar-refractivity contribution is 7.84. The molecule has 1 fully saturated rings. The summed E-state index contributed by atoms with van der Waals surface area (Å²) in [7, 11) is -1.04. The van der Waals surface area contributed by atoms with Crippen molar-refractivity contribution < 1.29 is 13.5 Å². The number of nitrogens with zero attached hydrogens (tertiary/aromatic N) is 3. The quantitative estimate of drug-likeness (QED) is 0.860. The van der Waals surface area contributed by atoms with Crippen molar-refractivity contribution in [2.24, 2.45) is 0 Å². The maximum Gasteiger partial charge on any atom is 0.253 e. The summed E-state index contributed by atoms with van der Waals surface area (Å²) in [6.45, 7) is 3.09. The first-order chi connectivity index (χ1) is 11.0. The van der Waals surface area contributed by atoms with E-state index in [9.17, 15) is 9.00 Å². The maximum atomic E-state index is 12.6. The van der Waals surface area contributed by atoms with Crippen LogP contribution in [0, 0.1) is 6.92 Å². The van der Waals surface area contributed by atoms with E-state index in [1.165, 1.54) is 0 Å². The number of hydrogen-bond acceptors (Lipinski definition) is 5. The lowest BCUT2D eigenvalue weighted by molar-refractivity contribution is 0.0703. The smallest absolute Gasteiger partial charge is 0.253 e. The molecule has 6 nitrogen and oxygen atoms in total. The Morgan fingerprint density at radius 1 is 1.35 bits per heavy atom. The van der Waals surface area contributed by atoms with Gasteiger partial charge in [0.15, 0.2) is 5.82 Å². The largest absolute Gasteiger partial charge is 0.340 e. The van der Waals surface area contributed by atoms with Gasteiger partial charge in [0.2, 0.25) is 5.89 Å². The molecule has 7 heteroatoms. The molecule has 1 aliphatic rings. The molecule has 122 valence electrons. The number of benzene rings is 1. The second-order valence-corrected chi connectivity index (χ2v) is 7.12. The number of aryl methyl sites for hydroxylation is 1. The average molecular weight is 333 g/mol. The van der Waals surface area contributed by atoms with Crippen LogP contribution in [-0.4, -0.2) is 44.5 Å². The summed E-state index contributed by atoms with van der Waals surface area (Å²) in [6, 6.07) is 6.96. The first kappa shape index (κ1) is 15.9. The Morgan fingerprint density at radius 3 is 2.70 bits per heavy atom. The standard InChI is InChI=1S/C16H19N3O3S/c1-11-17-15(18-22-11)13-4-3-9-19(10-13)16(20)12-5-7-14(8-6-12)23(2)21/h5-8,13H,3-4,9-10H2,1-2H3/t13-,23+/m1/s1. The molecule has 0 bridgehead atoms. The van der Waals surface area contributed by atoms with E-state index in [4.69, 9.17) is 4.52 Å². The summed E-state index contributed by atoms with van der Waals surface area (Å²) in [4.78, 5) is 19.5. The molecule has 0 aliphatic carbocycles. The molecular formula is C16H19N3O3S. The van der Waals surface area contributed by atoms with Crippen LogP contribution in [0.3, 0.4) is 0 Å². The Hall–Kier alpha value is -2.02. The van der Waals surface area contributed by atoms with E-state index in [0.717, 1.165) is 24.3 Å². The zero-order chi connectivity index (χ0) is 16.4. The van der Waals surface area contributed by atoms with E-state index in [0.29, 0.717) is 23.8 Å². The van der Waals surface area contributed by atoms with Gasteiger partial charge in [-0.1, -0.05) is 5.16 Å². The normalized spacial score (nSPS) is 19.6. The van der Waals surface area contributed by atoms with Gasteiger partial charge in [-0.05, 0) is 37.1 Å². The van der Waals surface area contributed by atoms with E-state index in [-0.39, 0.29) is 11.8 Å². The molecular weight excluding hydrogens is 314 g/mol. The fourth-order valence-corrected chi connectivity index (χ4v) is 3.34. The molecule has 0 N–H and O–H groups in total. The molecule has 23 heavy (non-hydrogen) atoms. The Balaban J connectivity index is 1.72. The zero-order valence-corrected chi connectivity index (χ0v) is 14.0. The van der Waals surface area contributed by atoms with Crippen molar-refractivity contribution in [2.75, 3.05) is 19.3 Å². The van der Waals surface area contributed by atoms with Crippen LogP contribution < -0.4 is 0 Å². The lowest BCUT2D eigenvalue weighted by Gasteiger charge is -2.31. The number of carbonyl (C=O) groups excluding carboxylic acids is 1. The van der Waals surface area contributed by atoms with Gasteiger partial charge in [0.25, 0.3) is 5.91 Å². The minimum Gasteiger partial charge on any atom is -0.340 e. The summed E-state index contributed by atoms with van der Waals surface area (Å²) in [5.74, 6) is 1.33. The highest BCUT2D eigenvalue weighted by atomic mass is 32.2. The van der Waals surface area contributed by atoms with Gasteiger partial charge in [-0.25, -0.2) is 0 Å². The highest BCUT2D eigenvalue weighted by Crippen LogP contribution is 2.26. The van der Waals surface area contributed by atoms with Crippen molar-refractivity contribution in [3.63, 3.8) is 0 Å². The van der Waals surface area contributed by atoms with Crippen molar-refractivity contribution in [1.29, 1.82) is 0 Å². The number of aromatic nitrogens is 2. The van der Waals surface area contributed by atoms with Gasteiger partial charge in [0.1, 0.15) is 0 Å². The molecule has 1 saturated heterocycles. The molecule has 3 rings (SSSR count). The molecule has 2 aromatic rings. The minimum atomic E-state index is -1.04. The predicted molar refractivity (Wildman–Crippen MR) is 85.7 cm³/mol. The Bertz CT molecular complexity index is 726. The number of rotatable bonds is 3. The topological polar surface area (TPSA) is 76.3 Å². The number of likely N-dealkylation sites (tertiary alicyclic amines) is 1. The van der Waals surface area contributed by atoms with Crippen LogP contribution in [0.15, 0.2) is 33.7 Å². The van der Waals surface area contributed by atoms with E-state index in [1.807, 2.05) is 4.90 Å². The fraction of sp³-hybridized carbons (Fsp3) is 0.438. The number of amides is 1. The van der Waals surface area contributed by atoms with E-state index < -0.39 is 10.8 Å². The predicted octanol–water partition coefficient (Wildman–Crippen LogP) is 2.14. The summed E-state index contributed by atoms with van der Waals surface area (Å²) < 4.78 is 16.5. The van der Waals surface area contributed by atoms with Gasteiger partial charge >= 0.3 is 0 Å². The molecule has 0 saturated carbocycles. The van der Waals surface area contributed by atoms with Crippen molar-refractivity contribution in [1.82, 2.24) is 15.0 Å². The van der Waals surface area contributed by atoms with Gasteiger partial charge in [-0.15, -0.1) is 0 Å². The molecule has 1 aliphatic heterocycles. The van der Waals surface area contributed by atoms with Gasteiger partial charge < -0.3 is 9.42 Å². The first-order valence-corrected chi connectivity index (χ1v) is 9.13. The van der Waals surface area contributed by atoms with Crippen LogP contribution >= 0.6 is 0 Å². The Morgan fingerprint density at radius 2 is 2.09 bits per heavy atom. The third-order valence-corrected chi connectivity index (χ3v) is 4.99. The first-order valence-electron chi connectivity index (χ1n) is 7.57. The monoisotopic (exact) mass is 333 g/mol. The number of piperidine rings is 1. The highest BCUT2D eigenvalue weighted by Gasteiger charge is 2.28. The van der Waals surface area contributed by atoms with Crippen LogP contribution in [0.4, 0.5) is 0 Å². The molecule has 1 aromatic carbocycles. The summed E-state index contributed by atoms with van der Waals surface area (Å²) in [5.41, 5.74) is 0.615. The van der Waals surface area contributed by atoms with Crippen LogP contribution in [0.1, 0.15) is 40.8 Å². The lowest BCUT2D eigenvalue weighted by atomic mass is 9.96. The van der Waals surface area contributed by atoms with Crippen LogP contribution in [0.25, 0.3) is 0 Å². The fourth-order valence-electron chi connectivity index (χ4n) is 2.82. The van der Waals surface area contributed by atoms with E-state index in [2.05, 4.69) is 10.1 Å².